The second-order valence-electron chi connectivity index (χ2n) is 21.1. The molecule has 16 aromatic carbocycles. The van der Waals surface area contributed by atoms with Crippen molar-refractivity contribution in [2.24, 2.45) is 0 Å². The summed E-state index contributed by atoms with van der Waals surface area (Å²) in [6, 6.07) is 109. The number of hydrogen-bond acceptors (Lipinski definition) is 0. The lowest BCUT2D eigenvalue weighted by atomic mass is 9.87. The van der Waals surface area contributed by atoms with Gasteiger partial charge in [0, 0.05) is 0 Å². The minimum Gasteiger partial charge on any atom is -0.0616 e. The van der Waals surface area contributed by atoms with Gasteiger partial charge in [-0.25, -0.2) is 0 Å². The van der Waals surface area contributed by atoms with Crippen molar-refractivity contribution in [2.75, 3.05) is 0 Å². The Balaban J connectivity index is 0.845. The van der Waals surface area contributed by atoms with Gasteiger partial charge in [-0.3, -0.25) is 0 Å². The van der Waals surface area contributed by atoms with E-state index in [1.165, 1.54) is 164 Å². The molecule has 0 N–H and O–H groups in total. The highest BCUT2D eigenvalue weighted by molar-refractivity contribution is 6.23. The average Bonchev–Trinajstić information content (AvgIpc) is 3.71. The predicted molar refractivity (Wildman–Crippen MR) is 337 cm³/mol. The molecule has 78 heavy (non-hydrogen) atoms. The van der Waals surface area contributed by atoms with Crippen molar-refractivity contribution in [3.8, 4) is 66.8 Å². The molecule has 0 heterocycles. The van der Waals surface area contributed by atoms with Crippen molar-refractivity contribution in [3.05, 3.63) is 291 Å². The Hall–Kier alpha value is -10.1. The molecule has 0 aromatic heterocycles. The molecule has 0 unspecified atom stereocenters. The Morgan fingerprint density at radius 3 is 0.628 bits per heavy atom. The minimum absolute atomic E-state index is 1.17. The summed E-state index contributed by atoms with van der Waals surface area (Å²) < 4.78 is 0. The smallest absolute Gasteiger partial charge is 0.00266 e. The van der Waals surface area contributed by atoms with Crippen LogP contribution in [0.25, 0.3) is 164 Å². The van der Waals surface area contributed by atoms with E-state index in [0.717, 1.165) is 0 Å². The molecule has 0 saturated heterocycles. The van der Waals surface area contributed by atoms with Gasteiger partial charge in [0.1, 0.15) is 0 Å². The topological polar surface area (TPSA) is 0 Å². The molecule has 0 nitrogen and oxygen atoms in total. The van der Waals surface area contributed by atoms with Crippen molar-refractivity contribution in [3.63, 3.8) is 0 Å². The van der Waals surface area contributed by atoms with Gasteiger partial charge in [-0.1, -0.05) is 255 Å². The van der Waals surface area contributed by atoms with Crippen LogP contribution in [0.2, 0.25) is 0 Å². The van der Waals surface area contributed by atoms with Gasteiger partial charge >= 0.3 is 0 Å². The minimum atomic E-state index is 1.17. The fraction of sp³-hybridized carbons (Fsp3) is 0. The second-order valence-corrected chi connectivity index (χ2v) is 21.1. The Morgan fingerprint density at radius 2 is 0.346 bits per heavy atom. The van der Waals surface area contributed by atoms with E-state index in [2.05, 4.69) is 291 Å². The van der Waals surface area contributed by atoms with Crippen molar-refractivity contribution in [1.29, 1.82) is 0 Å². The molecule has 0 spiro atoms. The molecule has 0 fully saturated rings. The van der Waals surface area contributed by atoms with E-state index in [-0.39, 0.29) is 0 Å². The van der Waals surface area contributed by atoms with E-state index in [4.69, 9.17) is 0 Å². The Labute approximate surface area is 452 Å². The molecule has 0 aliphatic rings. The van der Waals surface area contributed by atoms with Crippen LogP contribution in [0.1, 0.15) is 0 Å². The second kappa shape index (κ2) is 17.7. The molecular formula is C78H48. The molecule has 0 aliphatic carbocycles. The van der Waals surface area contributed by atoms with Crippen LogP contribution in [0.5, 0.6) is 0 Å². The predicted octanol–water partition coefficient (Wildman–Crippen LogP) is 22.1. The van der Waals surface area contributed by atoms with Gasteiger partial charge in [0.05, 0.1) is 0 Å². The molecule has 0 heteroatoms. The summed E-state index contributed by atoms with van der Waals surface area (Å²) in [7, 11) is 0. The zero-order chi connectivity index (χ0) is 51.3. The van der Waals surface area contributed by atoms with Crippen LogP contribution in [-0.4, -0.2) is 0 Å². The highest BCUT2D eigenvalue weighted by Crippen LogP contribution is 2.45. The molecule has 0 amide bonds. The summed E-state index contributed by atoms with van der Waals surface area (Å²) >= 11 is 0. The van der Waals surface area contributed by atoms with E-state index in [1.54, 1.807) is 0 Å². The first-order chi connectivity index (χ1) is 38.6. The van der Waals surface area contributed by atoms with E-state index in [9.17, 15) is 0 Å². The maximum Gasteiger partial charge on any atom is -0.00266 e. The largest absolute Gasteiger partial charge is 0.0616 e. The third kappa shape index (κ3) is 7.15. The van der Waals surface area contributed by atoms with Crippen LogP contribution in [0, 0.1) is 0 Å². The molecular weight excluding hydrogens is 937 g/mol. The molecule has 0 atom stereocenters. The van der Waals surface area contributed by atoms with Gasteiger partial charge in [0.2, 0.25) is 0 Å². The summed E-state index contributed by atoms with van der Waals surface area (Å²) in [6.07, 6.45) is 0. The molecule has 0 radical (unpaired) electrons. The molecule has 360 valence electrons. The van der Waals surface area contributed by atoms with Gasteiger partial charge in [-0.2, -0.15) is 0 Å². The van der Waals surface area contributed by atoms with E-state index < -0.39 is 0 Å². The van der Waals surface area contributed by atoms with Gasteiger partial charge in [0.25, 0.3) is 0 Å². The van der Waals surface area contributed by atoms with Crippen LogP contribution in [0.3, 0.4) is 0 Å². The average molecular weight is 985 g/mol. The number of hydrogen-bond donors (Lipinski definition) is 0. The Kier molecular flexibility index (Phi) is 10.0. The van der Waals surface area contributed by atoms with E-state index >= 15 is 0 Å². The van der Waals surface area contributed by atoms with Crippen molar-refractivity contribution in [1.82, 2.24) is 0 Å². The zero-order valence-electron chi connectivity index (χ0n) is 42.7. The fourth-order valence-corrected chi connectivity index (χ4v) is 13.0. The standard InChI is InChI=1S/C78H48/c1-7-19-64-52(13-1)37-40-70-73(64)46-58-16-4-10-22-67(58)76(70)55-31-25-49(26-32-55)61-43-62(50-27-33-56(34-28-50)77-68-23-11-5-17-59(68)47-74-65-20-8-2-14-53(65)38-41-71(74)77)45-63(44-61)51-29-35-57(36-30-51)78-69-24-12-6-18-60(69)48-75-66-21-9-3-15-54(66)39-42-72(75)78/h1-48H. The molecule has 16 rings (SSSR count). The van der Waals surface area contributed by atoms with Crippen LogP contribution in [-0.2, 0) is 0 Å². The van der Waals surface area contributed by atoms with Gasteiger partial charge < -0.3 is 0 Å². The normalized spacial score (nSPS) is 11.8. The lowest BCUT2D eigenvalue weighted by Crippen LogP contribution is -1.90. The first kappa shape index (κ1) is 44.2. The van der Waals surface area contributed by atoms with Crippen molar-refractivity contribution >= 4 is 97.0 Å². The van der Waals surface area contributed by atoms with Crippen LogP contribution in [0.15, 0.2) is 291 Å². The molecule has 16 aromatic rings. The highest BCUT2D eigenvalue weighted by Gasteiger charge is 2.18. The Morgan fingerprint density at radius 1 is 0.115 bits per heavy atom. The number of fused-ring (bicyclic) bond motifs is 12. The monoisotopic (exact) mass is 984 g/mol. The summed E-state index contributed by atoms with van der Waals surface area (Å²) in [5.41, 5.74) is 14.5. The van der Waals surface area contributed by atoms with E-state index in [0.29, 0.717) is 0 Å². The van der Waals surface area contributed by atoms with Crippen molar-refractivity contribution in [2.45, 2.75) is 0 Å². The van der Waals surface area contributed by atoms with Crippen molar-refractivity contribution < 1.29 is 0 Å². The quantitative estimate of drug-likeness (QED) is 0.115. The summed E-state index contributed by atoms with van der Waals surface area (Å²) in [5, 5.41) is 22.8. The van der Waals surface area contributed by atoms with Gasteiger partial charge in [-0.05, 0) is 200 Å². The van der Waals surface area contributed by atoms with Crippen LogP contribution < -0.4 is 0 Å². The lowest BCUT2D eigenvalue weighted by Gasteiger charge is -2.16. The highest BCUT2D eigenvalue weighted by atomic mass is 14.2. The first-order valence-electron chi connectivity index (χ1n) is 27.1. The molecule has 0 aliphatic heterocycles. The summed E-state index contributed by atoms with van der Waals surface area (Å²) in [4.78, 5) is 0. The maximum absolute atomic E-state index is 2.38. The molecule has 0 saturated carbocycles. The molecule has 0 bridgehead atoms. The SMILES string of the molecule is c1ccc2c(-c3ccc(-c4cc(-c5ccc(-c6c7ccccc7cc7c6ccc6ccccc67)cc5)cc(-c5ccc(-c6c7ccccc7cc7c6ccc6ccccc67)cc5)c4)cc3)c3ccc4ccccc4c3cc2c1. The third-order valence-electron chi connectivity index (χ3n) is 16.8. The van der Waals surface area contributed by atoms with Crippen LogP contribution in [0.4, 0.5) is 0 Å². The first-order valence-corrected chi connectivity index (χ1v) is 27.1. The van der Waals surface area contributed by atoms with Gasteiger partial charge in [-0.15, -0.1) is 0 Å². The fourth-order valence-electron chi connectivity index (χ4n) is 13.0. The van der Waals surface area contributed by atoms with Gasteiger partial charge in [0.15, 0.2) is 0 Å². The van der Waals surface area contributed by atoms with Crippen LogP contribution >= 0.6 is 0 Å². The summed E-state index contributed by atoms with van der Waals surface area (Å²) in [5.74, 6) is 0. The maximum atomic E-state index is 2.38. The lowest BCUT2D eigenvalue weighted by molar-refractivity contribution is 1.56. The summed E-state index contributed by atoms with van der Waals surface area (Å²) in [6.45, 7) is 0. The number of benzene rings is 16. The van der Waals surface area contributed by atoms with E-state index in [1.807, 2.05) is 0 Å². The number of rotatable bonds is 6. The Bertz CT molecular complexity index is 4570. The third-order valence-corrected chi connectivity index (χ3v) is 16.8. The zero-order valence-corrected chi connectivity index (χ0v) is 42.7.